The van der Waals surface area contributed by atoms with E-state index in [9.17, 15) is 4.79 Å². The van der Waals surface area contributed by atoms with Gasteiger partial charge in [-0.1, -0.05) is 5.16 Å². The van der Waals surface area contributed by atoms with Crippen molar-refractivity contribution in [3.05, 3.63) is 11.7 Å². The van der Waals surface area contributed by atoms with E-state index in [-0.39, 0.29) is 12.1 Å². The van der Waals surface area contributed by atoms with E-state index < -0.39 is 0 Å². The van der Waals surface area contributed by atoms with Crippen molar-refractivity contribution >= 4 is 6.03 Å². The van der Waals surface area contributed by atoms with Gasteiger partial charge in [0, 0.05) is 20.1 Å². The average Bonchev–Trinajstić information content (AvgIpc) is 2.81. The van der Waals surface area contributed by atoms with E-state index in [2.05, 4.69) is 15.5 Å². The van der Waals surface area contributed by atoms with Gasteiger partial charge in [-0.3, -0.25) is 0 Å². The lowest BCUT2D eigenvalue weighted by Gasteiger charge is -2.31. The fraction of sp³-hybridized carbons (Fsp3) is 0.727. The van der Waals surface area contributed by atoms with Gasteiger partial charge in [0.25, 0.3) is 5.89 Å². The molecule has 0 aliphatic carbocycles. The number of hydrogen-bond donors (Lipinski definition) is 1. The quantitative estimate of drug-likeness (QED) is 0.858. The van der Waals surface area contributed by atoms with Crippen LogP contribution in [0.2, 0.25) is 0 Å². The van der Waals surface area contributed by atoms with Gasteiger partial charge in [-0.05, 0) is 19.8 Å². The van der Waals surface area contributed by atoms with Crippen LogP contribution in [0.5, 0.6) is 0 Å². The van der Waals surface area contributed by atoms with Gasteiger partial charge in [0.2, 0.25) is 0 Å². The summed E-state index contributed by atoms with van der Waals surface area (Å²) < 4.78 is 10.7. The first-order chi connectivity index (χ1) is 8.69. The Bertz CT molecular complexity index is 407. The normalized spacial score (nSPS) is 19.9. The van der Waals surface area contributed by atoms with Crippen LogP contribution in [0.15, 0.2) is 4.52 Å². The highest BCUT2D eigenvalue weighted by atomic mass is 16.5. The Kier molecular flexibility index (Phi) is 4.14. The van der Waals surface area contributed by atoms with Gasteiger partial charge in [0.15, 0.2) is 5.82 Å². The molecule has 0 radical (unpaired) electrons. The van der Waals surface area contributed by atoms with Gasteiger partial charge < -0.3 is 19.5 Å². The monoisotopic (exact) mass is 254 g/mol. The summed E-state index contributed by atoms with van der Waals surface area (Å²) in [6, 6.07) is -0.0584. The van der Waals surface area contributed by atoms with E-state index in [1.54, 1.807) is 18.9 Å². The zero-order chi connectivity index (χ0) is 13.0. The number of amides is 2. The number of ether oxygens (including phenoxy) is 1. The molecular weight excluding hydrogens is 236 g/mol. The highest BCUT2D eigenvalue weighted by molar-refractivity contribution is 5.73. The first-order valence-electron chi connectivity index (χ1n) is 6.06. The minimum atomic E-state index is -0.0584. The first-order valence-corrected chi connectivity index (χ1v) is 6.06. The van der Waals surface area contributed by atoms with E-state index in [0.717, 1.165) is 19.4 Å². The number of rotatable bonds is 3. The summed E-state index contributed by atoms with van der Waals surface area (Å²) >= 11 is 0. The first kappa shape index (κ1) is 12.8. The van der Waals surface area contributed by atoms with E-state index in [4.69, 9.17) is 9.26 Å². The van der Waals surface area contributed by atoms with Crippen LogP contribution in [0.3, 0.4) is 0 Å². The van der Waals surface area contributed by atoms with E-state index >= 15 is 0 Å². The smallest absolute Gasteiger partial charge is 0.317 e. The Balaban J connectivity index is 1.80. The van der Waals surface area contributed by atoms with Crippen LogP contribution in [-0.2, 0) is 11.3 Å². The number of hydrogen-bond acceptors (Lipinski definition) is 5. The van der Waals surface area contributed by atoms with Gasteiger partial charge in [-0.25, -0.2) is 4.79 Å². The molecule has 0 saturated carbocycles. The predicted octanol–water partition coefficient (Wildman–Crippen LogP) is 0.698. The molecule has 0 aromatic carbocycles. The van der Waals surface area contributed by atoms with Crippen molar-refractivity contribution in [2.75, 3.05) is 20.1 Å². The van der Waals surface area contributed by atoms with Crippen LogP contribution in [0.1, 0.15) is 24.6 Å². The molecule has 1 aliphatic rings. The molecule has 1 aromatic heterocycles. The number of carbonyl (C=O) groups is 1. The third-order valence-electron chi connectivity index (χ3n) is 2.89. The minimum absolute atomic E-state index is 0.0308. The lowest BCUT2D eigenvalue weighted by atomic mass is 10.1. The highest BCUT2D eigenvalue weighted by Gasteiger charge is 2.23. The summed E-state index contributed by atoms with van der Waals surface area (Å²) in [6.45, 7) is 3.44. The second kappa shape index (κ2) is 5.81. The van der Waals surface area contributed by atoms with E-state index in [1.165, 1.54) is 0 Å². The molecule has 0 bridgehead atoms. The maximum absolute atomic E-state index is 11.5. The molecule has 1 aliphatic heterocycles. The molecule has 2 heterocycles. The molecule has 1 fully saturated rings. The molecule has 100 valence electrons. The van der Waals surface area contributed by atoms with Crippen molar-refractivity contribution in [2.45, 2.75) is 32.5 Å². The molecule has 7 nitrogen and oxygen atoms in total. The lowest BCUT2D eigenvalue weighted by Crippen LogP contribution is -2.46. The van der Waals surface area contributed by atoms with Crippen LogP contribution in [-0.4, -0.2) is 47.3 Å². The maximum Gasteiger partial charge on any atom is 0.317 e. The molecule has 7 heteroatoms. The van der Waals surface area contributed by atoms with Crippen molar-refractivity contribution in [3.63, 3.8) is 0 Å². The van der Waals surface area contributed by atoms with Crippen LogP contribution in [0.4, 0.5) is 4.79 Å². The van der Waals surface area contributed by atoms with Crippen molar-refractivity contribution in [2.24, 2.45) is 0 Å². The van der Waals surface area contributed by atoms with Crippen molar-refractivity contribution < 1.29 is 14.1 Å². The van der Waals surface area contributed by atoms with E-state index in [0.29, 0.717) is 24.9 Å². The van der Waals surface area contributed by atoms with Gasteiger partial charge >= 0.3 is 6.03 Å². The second-order valence-electron chi connectivity index (χ2n) is 4.31. The Morgan fingerprint density at radius 1 is 1.67 bits per heavy atom. The standard InChI is InChI=1S/C11H18N4O3/c1-8-13-10(18-14-8)7-17-9-4-3-5-15(6-9)11(16)12-2/h9H,3-7H2,1-2H3,(H,12,16). The molecule has 1 atom stereocenters. The Labute approximate surface area is 105 Å². The highest BCUT2D eigenvalue weighted by Crippen LogP contribution is 2.14. The van der Waals surface area contributed by atoms with Crippen molar-refractivity contribution in [1.29, 1.82) is 0 Å². The number of aromatic nitrogens is 2. The number of nitrogens with zero attached hydrogens (tertiary/aromatic N) is 3. The van der Waals surface area contributed by atoms with Crippen molar-refractivity contribution in [1.82, 2.24) is 20.4 Å². The SMILES string of the molecule is CNC(=O)N1CCCC(OCc2nc(C)no2)C1. The molecule has 1 unspecified atom stereocenters. The molecule has 1 aromatic rings. The largest absolute Gasteiger partial charge is 0.367 e. The Morgan fingerprint density at radius 2 is 2.50 bits per heavy atom. The van der Waals surface area contributed by atoms with Crippen LogP contribution in [0.25, 0.3) is 0 Å². The number of likely N-dealkylation sites (tertiary alicyclic amines) is 1. The zero-order valence-electron chi connectivity index (χ0n) is 10.7. The topological polar surface area (TPSA) is 80.5 Å². The molecule has 0 spiro atoms. The molecule has 18 heavy (non-hydrogen) atoms. The lowest BCUT2D eigenvalue weighted by molar-refractivity contribution is -0.0102. The van der Waals surface area contributed by atoms with Gasteiger partial charge in [0.1, 0.15) is 6.61 Å². The minimum Gasteiger partial charge on any atom is -0.367 e. The Morgan fingerprint density at radius 3 is 3.17 bits per heavy atom. The van der Waals surface area contributed by atoms with Gasteiger partial charge in [0.05, 0.1) is 6.10 Å². The summed E-state index contributed by atoms with van der Waals surface area (Å²) in [4.78, 5) is 17.3. The summed E-state index contributed by atoms with van der Waals surface area (Å²) in [5, 5.41) is 6.32. The molecule has 2 rings (SSSR count). The molecule has 2 amide bonds. The number of aryl methyl sites for hydroxylation is 1. The fourth-order valence-electron chi connectivity index (χ4n) is 2.00. The Hall–Kier alpha value is -1.63. The summed E-state index contributed by atoms with van der Waals surface area (Å²) in [7, 11) is 1.63. The number of carbonyl (C=O) groups excluding carboxylic acids is 1. The molecule has 1 saturated heterocycles. The van der Waals surface area contributed by atoms with Crippen LogP contribution >= 0.6 is 0 Å². The third kappa shape index (κ3) is 3.19. The van der Waals surface area contributed by atoms with E-state index in [1.807, 2.05) is 0 Å². The fourth-order valence-corrected chi connectivity index (χ4v) is 2.00. The second-order valence-corrected chi connectivity index (χ2v) is 4.31. The number of urea groups is 1. The summed E-state index contributed by atoms with van der Waals surface area (Å²) in [6.07, 6.45) is 1.92. The molecule has 1 N–H and O–H groups in total. The number of piperidine rings is 1. The predicted molar refractivity (Wildman–Crippen MR) is 62.9 cm³/mol. The van der Waals surface area contributed by atoms with Crippen molar-refractivity contribution in [3.8, 4) is 0 Å². The zero-order valence-corrected chi connectivity index (χ0v) is 10.7. The van der Waals surface area contributed by atoms with Gasteiger partial charge in [-0.15, -0.1) is 0 Å². The maximum atomic E-state index is 11.5. The van der Waals surface area contributed by atoms with Crippen LogP contribution in [0, 0.1) is 6.92 Å². The van der Waals surface area contributed by atoms with Crippen LogP contribution < -0.4 is 5.32 Å². The summed E-state index contributed by atoms with van der Waals surface area (Å²) in [5.41, 5.74) is 0. The van der Waals surface area contributed by atoms with Gasteiger partial charge in [-0.2, -0.15) is 4.98 Å². The summed E-state index contributed by atoms with van der Waals surface area (Å²) in [5.74, 6) is 1.08. The number of nitrogens with one attached hydrogen (secondary N) is 1. The third-order valence-corrected chi connectivity index (χ3v) is 2.89. The molecular formula is C11H18N4O3. The average molecular weight is 254 g/mol.